The lowest BCUT2D eigenvalue weighted by atomic mass is 10.0. The molecule has 0 amide bonds. The number of benzene rings is 2. The summed E-state index contributed by atoms with van der Waals surface area (Å²) >= 11 is 0. The number of para-hydroxylation sites is 2. The maximum Gasteiger partial charge on any atom is 0.123 e. The second-order valence-corrected chi connectivity index (χ2v) is 3.35. The molecule has 0 fully saturated rings. The summed E-state index contributed by atoms with van der Waals surface area (Å²) in [6, 6.07) is 13.9. The van der Waals surface area contributed by atoms with Crippen molar-refractivity contribution >= 4 is 0 Å². The molecule has 17 heavy (non-hydrogen) atoms. The fourth-order valence-electron chi connectivity index (χ4n) is 1.40. The van der Waals surface area contributed by atoms with E-state index < -0.39 is 0 Å². The molecular formula is C14H16O3. The predicted molar refractivity (Wildman–Crippen MR) is 68.0 cm³/mol. The molecule has 0 unspecified atom stereocenters. The van der Waals surface area contributed by atoms with E-state index in [-0.39, 0.29) is 18.1 Å². The van der Waals surface area contributed by atoms with Gasteiger partial charge in [0, 0.05) is 17.7 Å². The van der Waals surface area contributed by atoms with Crippen LogP contribution in [0.25, 0.3) is 11.1 Å². The van der Waals surface area contributed by atoms with Crippen molar-refractivity contribution in [2.24, 2.45) is 0 Å². The number of phenolic OH excluding ortho intramolecular Hbond substituents is 2. The highest BCUT2D eigenvalue weighted by Crippen LogP contribution is 2.34. The lowest BCUT2D eigenvalue weighted by Crippen LogP contribution is -1.79. The van der Waals surface area contributed by atoms with Crippen molar-refractivity contribution in [2.75, 3.05) is 6.61 Å². The van der Waals surface area contributed by atoms with Crippen LogP contribution in [0.4, 0.5) is 0 Å². The molecule has 0 saturated heterocycles. The molecular weight excluding hydrogens is 216 g/mol. The van der Waals surface area contributed by atoms with Crippen molar-refractivity contribution in [1.29, 1.82) is 0 Å². The van der Waals surface area contributed by atoms with E-state index in [2.05, 4.69) is 0 Å². The SMILES string of the molecule is CCO.Oc1ccccc1-c1ccccc1O. The van der Waals surface area contributed by atoms with Crippen LogP contribution in [0, 0.1) is 0 Å². The van der Waals surface area contributed by atoms with Crippen molar-refractivity contribution in [2.45, 2.75) is 6.92 Å². The topological polar surface area (TPSA) is 60.7 Å². The minimum absolute atomic E-state index is 0.175. The summed E-state index contributed by atoms with van der Waals surface area (Å²) in [6.45, 7) is 1.93. The molecule has 0 aliphatic heterocycles. The van der Waals surface area contributed by atoms with Gasteiger partial charge in [-0.25, -0.2) is 0 Å². The summed E-state index contributed by atoms with van der Waals surface area (Å²) in [6.07, 6.45) is 0. The average molecular weight is 232 g/mol. The molecule has 0 spiro atoms. The first-order valence-electron chi connectivity index (χ1n) is 5.38. The van der Waals surface area contributed by atoms with E-state index in [0.29, 0.717) is 11.1 Å². The molecule has 0 atom stereocenters. The number of aliphatic hydroxyl groups excluding tert-OH is 1. The van der Waals surface area contributed by atoms with Crippen LogP contribution >= 0.6 is 0 Å². The number of hydrogen-bond donors (Lipinski definition) is 3. The highest BCUT2D eigenvalue weighted by Gasteiger charge is 2.06. The summed E-state index contributed by atoms with van der Waals surface area (Å²) < 4.78 is 0. The molecule has 0 radical (unpaired) electrons. The summed E-state index contributed by atoms with van der Waals surface area (Å²) in [5.74, 6) is 0.350. The van der Waals surface area contributed by atoms with Crippen LogP contribution < -0.4 is 0 Å². The Morgan fingerprint density at radius 1 is 0.765 bits per heavy atom. The van der Waals surface area contributed by atoms with E-state index >= 15 is 0 Å². The van der Waals surface area contributed by atoms with Crippen LogP contribution in [0.3, 0.4) is 0 Å². The van der Waals surface area contributed by atoms with E-state index in [1.54, 1.807) is 43.3 Å². The van der Waals surface area contributed by atoms with Gasteiger partial charge in [0.25, 0.3) is 0 Å². The van der Waals surface area contributed by atoms with Crippen molar-refractivity contribution in [1.82, 2.24) is 0 Å². The summed E-state index contributed by atoms with van der Waals surface area (Å²) in [5, 5.41) is 26.7. The molecule has 2 aromatic carbocycles. The van der Waals surface area contributed by atoms with Gasteiger partial charge in [-0.15, -0.1) is 0 Å². The molecule has 3 nitrogen and oxygen atoms in total. The van der Waals surface area contributed by atoms with Crippen molar-refractivity contribution < 1.29 is 15.3 Å². The highest BCUT2D eigenvalue weighted by molar-refractivity contribution is 5.74. The minimum Gasteiger partial charge on any atom is -0.507 e. The molecule has 90 valence electrons. The van der Waals surface area contributed by atoms with Crippen LogP contribution in [0.15, 0.2) is 48.5 Å². The molecule has 3 heteroatoms. The number of rotatable bonds is 1. The first-order chi connectivity index (χ1) is 8.20. The van der Waals surface area contributed by atoms with Gasteiger partial charge in [-0.2, -0.15) is 0 Å². The summed E-state index contributed by atoms with van der Waals surface area (Å²) in [5.41, 5.74) is 1.29. The summed E-state index contributed by atoms with van der Waals surface area (Å²) in [7, 11) is 0. The van der Waals surface area contributed by atoms with Crippen molar-refractivity contribution in [3.63, 3.8) is 0 Å². The van der Waals surface area contributed by atoms with Gasteiger partial charge in [0.2, 0.25) is 0 Å². The van der Waals surface area contributed by atoms with Gasteiger partial charge < -0.3 is 15.3 Å². The van der Waals surface area contributed by atoms with Gasteiger partial charge in [-0.1, -0.05) is 36.4 Å². The molecule has 3 N–H and O–H groups in total. The lowest BCUT2D eigenvalue weighted by molar-refractivity contribution is 0.318. The molecule has 2 rings (SSSR count). The fourth-order valence-corrected chi connectivity index (χ4v) is 1.40. The second kappa shape index (κ2) is 6.55. The maximum atomic E-state index is 9.58. The molecule has 2 aromatic rings. The first kappa shape index (κ1) is 13.1. The lowest BCUT2D eigenvalue weighted by Gasteiger charge is -2.05. The van der Waals surface area contributed by atoms with Gasteiger partial charge >= 0.3 is 0 Å². The molecule has 0 bridgehead atoms. The Balaban J connectivity index is 0.000000437. The minimum atomic E-state index is 0.175. The zero-order valence-electron chi connectivity index (χ0n) is 9.67. The quantitative estimate of drug-likeness (QED) is 0.708. The van der Waals surface area contributed by atoms with Crippen LogP contribution in [0.2, 0.25) is 0 Å². The zero-order chi connectivity index (χ0) is 12.7. The van der Waals surface area contributed by atoms with Gasteiger partial charge in [-0.3, -0.25) is 0 Å². The third kappa shape index (κ3) is 3.50. The predicted octanol–water partition coefficient (Wildman–Crippen LogP) is 2.76. The standard InChI is InChI=1S/C12H10O2.C2H6O/c13-11-7-3-1-5-9(11)10-6-2-4-8-12(10)14;1-2-3/h1-8,13-14H;3H,2H2,1H3. The van der Waals surface area contributed by atoms with E-state index in [1.807, 2.05) is 12.1 Å². The first-order valence-corrected chi connectivity index (χ1v) is 5.38. The van der Waals surface area contributed by atoms with Crippen LogP contribution in [0.5, 0.6) is 11.5 Å². The van der Waals surface area contributed by atoms with Crippen molar-refractivity contribution in [3.8, 4) is 22.6 Å². The summed E-state index contributed by atoms with van der Waals surface area (Å²) in [4.78, 5) is 0. The van der Waals surface area contributed by atoms with Crippen LogP contribution in [-0.4, -0.2) is 21.9 Å². The Morgan fingerprint density at radius 2 is 1.06 bits per heavy atom. The average Bonchev–Trinajstić information content (AvgIpc) is 2.32. The van der Waals surface area contributed by atoms with Gasteiger partial charge in [0.1, 0.15) is 11.5 Å². The smallest absolute Gasteiger partial charge is 0.123 e. The number of phenols is 2. The fraction of sp³-hybridized carbons (Fsp3) is 0.143. The number of aromatic hydroxyl groups is 2. The van der Waals surface area contributed by atoms with Crippen molar-refractivity contribution in [3.05, 3.63) is 48.5 Å². The second-order valence-electron chi connectivity index (χ2n) is 3.35. The molecule has 0 aliphatic rings. The van der Waals surface area contributed by atoms with E-state index in [9.17, 15) is 10.2 Å². The Hall–Kier alpha value is -2.00. The number of aliphatic hydroxyl groups is 1. The van der Waals surface area contributed by atoms with Gasteiger partial charge in [0.05, 0.1) is 0 Å². The molecule has 0 heterocycles. The molecule has 0 saturated carbocycles. The third-order valence-corrected chi connectivity index (χ3v) is 2.10. The molecule has 0 aliphatic carbocycles. The van der Waals surface area contributed by atoms with E-state index in [1.165, 1.54) is 0 Å². The third-order valence-electron chi connectivity index (χ3n) is 2.10. The largest absolute Gasteiger partial charge is 0.507 e. The highest BCUT2D eigenvalue weighted by atomic mass is 16.3. The Morgan fingerprint density at radius 3 is 1.35 bits per heavy atom. The van der Waals surface area contributed by atoms with Crippen LogP contribution in [-0.2, 0) is 0 Å². The van der Waals surface area contributed by atoms with E-state index in [4.69, 9.17) is 5.11 Å². The number of hydrogen-bond acceptors (Lipinski definition) is 3. The normalized spacial score (nSPS) is 9.29. The Kier molecular flexibility index (Phi) is 5.04. The monoisotopic (exact) mass is 232 g/mol. The van der Waals surface area contributed by atoms with Gasteiger partial charge in [0.15, 0.2) is 0 Å². The Bertz CT molecular complexity index is 423. The Labute approximate surface area is 101 Å². The zero-order valence-corrected chi connectivity index (χ0v) is 9.67. The van der Waals surface area contributed by atoms with E-state index in [0.717, 1.165) is 0 Å². The van der Waals surface area contributed by atoms with Gasteiger partial charge in [-0.05, 0) is 19.1 Å². The van der Waals surface area contributed by atoms with Crippen LogP contribution in [0.1, 0.15) is 6.92 Å². The molecule has 0 aromatic heterocycles. The maximum absolute atomic E-state index is 9.58.